The summed E-state index contributed by atoms with van der Waals surface area (Å²) in [5.74, 6) is 0. The highest BCUT2D eigenvalue weighted by Gasteiger charge is 2.22. The van der Waals surface area contributed by atoms with Gasteiger partial charge in [0.15, 0.2) is 0 Å². The van der Waals surface area contributed by atoms with Crippen LogP contribution >= 0.6 is 0 Å². The van der Waals surface area contributed by atoms with E-state index in [4.69, 9.17) is 0 Å². The summed E-state index contributed by atoms with van der Waals surface area (Å²) in [6.45, 7) is 1.48. The molecule has 2 heterocycles. The fourth-order valence-electron chi connectivity index (χ4n) is 3.34. The van der Waals surface area contributed by atoms with Crippen LogP contribution in [0.3, 0.4) is 0 Å². The van der Waals surface area contributed by atoms with Gasteiger partial charge in [-0.3, -0.25) is 9.97 Å². The van der Waals surface area contributed by atoms with Crippen LogP contribution in [0, 0.1) is 0 Å². The fraction of sp³-hybridized carbons (Fsp3) is 0.143. The average Bonchev–Trinajstić information content (AvgIpc) is 2.76. The molecule has 1 atom stereocenters. The molecule has 31 heavy (non-hydrogen) atoms. The zero-order chi connectivity index (χ0) is 22.1. The first kappa shape index (κ1) is 21.3. The summed E-state index contributed by atoms with van der Waals surface area (Å²) in [5, 5.41) is 2.48. The molecule has 0 bridgehead atoms. The van der Waals surface area contributed by atoms with Gasteiger partial charge in [-0.05, 0) is 31.2 Å². The van der Waals surface area contributed by atoms with Crippen molar-refractivity contribution in [3.8, 4) is 0 Å². The Balaban J connectivity index is 1.53. The van der Waals surface area contributed by atoms with Gasteiger partial charge in [0.05, 0.1) is 9.79 Å². The third kappa shape index (κ3) is 4.42. The van der Waals surface area contributed by atoms with Crippen molar-refractivity contribution in [3.63, 3.8) is 0 Å². The van der Waals surface area contributed by atoms with Crippen LogP contribution in [-0.4, -0.2) is 39.4 Å². The second kappa shape index (κ2) is 8.31. The van der Waals surface area contributed by atoms with Gasteiger partial charge in [-0.25, -0.2) is 26.3 Å². The summed E-state index contributed by atoms with van der Waals surface area (Å²) in [5.41, 5.74) is 0. The van der Waals surface area contributed by atoms with Crippen molar-refractivity contribution in [1.82, 2.24) is 19.4 Å². The highest BCUT2D eigenvalue weighted by Crippen LogP contribution is 2.23. The molecule has 0 spiro atoms. The lowest BCUT2D eigenvalue weighted by Gasteiger charge is -2.17. The minimum atomic E-state index is -3.87. The van der Waals surface area contributed by atoms with Gasteiger partial charge in [-0.1, -0.05) is 24.3 Å². The summed E-state index contributed by atoms with van der Waals surface area (Å²) in [4.78, 5) is 8.24. The molecule has 2 aromatic heterocycles. The number of fused-ring (bicyclic) bond motifs is 2. The highest BCUT2D eigenvalue weighted by atomic mass is 32.2. The number of nitrogens with one attached hydrogen (secondary N) is 2. The lowest BCUT2D eigenvalue weighted by molar-refractivity contribution is 0.546. The Hall–Kier alpha value is -2.92. The van der Waals surface area contributed by atoms with Crippen LogP contribution < -0.4 is 9.44 Å². The number of hydrogen-bond acceptors (Lipinski definition) is 6. The molecule has 10 heteroatoms. The number of nitrogens with zero attached hydrogens (tertiary/aromatic N) is 2. The molecule has 0 saturated heterocycles. The van der Waals surface area contributed by atoms with Crippen LogP contribution in [0.1, 0.15) is 6.92 Å². The number of sulfonamides is 2. The van der Waals surface area contributed by atoms with Gasteiger partial charge in [0, 0.05) is 58.9 Å². The Kier molecular flexibility index (Phi) is 5.71. The van der Waals surface area contributed by atoms with E-state index < -0.39 is 26.1 Å². The predicted octanol–water partition coefficient (Wildman–Crippen LogP) is 2.43. The number of rotatable bonds is 7. The standard InChI is InChI=1S/C21H20N4O4S2/c1-15(25-31(28,29)21-7-3-5-17-14-23-11-9-19(17)21)12-24-30(26,27)20-6-2-4-16-13-22-10-8-18(16)20/h2-11,13-15,24-25H,12H2,1H3. The van der Waals surface area contributed by atoms with Crippen molar-refractivity contribution in [2.75, 3.05) is 6.54 Å². The van der Waals surface area contributed by atoms with Crippen molar-refractivity contribution in [1.29, 1.82) is 0 Å². The fourth-order valence-corrected chi connectivity index (χ4v) is 6.17. The molecule has 1 unspecified atom stereocenters. The van der Waals surface area contributed by atoms with Crippen LogP contribution in [0.15, 0.2) is 83.1 Å². The largest absolute Gasteiger partial charge is 0.264 e. The molecule has 0 radical (unpaired) electrons. The number of benzene rings is 2. The minimum Gasteiger partial charge on any atom is -0.264 e. The maximum atomic E-state index is 12.9. The van der Waals surface area contributed by atoms with Gasteiger partial charge in [0.1, 0.15) is 0 Å². The molecule has 0 amide bonds. The highest BCUT2D eigenvalue weighted by molar-refractivity contribution is 7.90. The van der Waals surface area contributed by atoms with Gasteiger partial charge < -0.3 is 0 Å². The average molecular weight is 457 g/mol. The Morgan fingerprint density at radius 1 is 0.774 bits per heavy atom. The topological polar surface area (TPSA) is 118 Å². The van der Waals surface area contributed by atoms with Gasteiger partial charge in [0.2, 0.25) is 20.0 Å². The Morgan fingerprint density at radius 2 is 1.29 bits per heavy atom. The van der Waals surface area contributed by atoms with Gasteiger partial charge in [-0.15, -0.1) is 0 Å². The lowest BCUT2D eigenvalue weighted by Crippen LogP contribution is -2.41. The molecule has 4 rings (SSSR count). The quantitative estimate of drug-likeness (QED) is 0.441. The molecular formula is C21H20N4O4S2. The number of aromatic nitrogens is 2. The first-order valence-corrected chi connectivity index (χ1v) is 12.4. The van der Waals surface area contributed by atoms with E-state index in [1.807, 2.05) is 0 Å². The van der Waals surface area contributed by atoms with Crippen molar-refractivity contribution >= 4 is 41.6 Å². The maximum absolute atomic E-state index is 12.9. The molecule has 0 aliphatic heterocycles. The van der Waals surface area contributed by atoms with Crippen molar-refractivity contribution in [2.24, 2.45) is 0 Å². The molecule has 0 aliphatic rings. The number of pyridine rings is 2. The maximum Gasteiger partial charge on any atom is 0.241 e. The smallest absolute Gasteiger partial charge is 0.241 e. The molecular weight excluding hydrogens is 436 g/mol. The Bertz CT molecular complexity index is 1460. The van der Waals surface area contributed by atoms with Crippen molar-refractivity contribution in [3.05, 3.63) is 73.3 Å². The van der Waals surface area contributed by atoms with Crippen LogP contribution in [0.2, 0.25) is 0 Å². The third-order valence-electron chi connectivity index (χ3n) is 4.80. The zero-order valence-electron chi connectivity index (χ0n) is 16.6. The summed E-state index contributed by atoms with van der Waals surface area (Å²) in [6, 6.07) is 12.4. The molecule has 4 aromatic rings. The van der Waals surface area contributed by atoms with E-state index in [-0.39, 0.29) is 16.3 Å². The van der Waals surface area contributed by atoms with Crippen LogP contribution in [0.4, 0.5) is 0 Å². The van der Waals surface area contributed by atoms with Gasteiger partial charge >= 0.3 is 0 Å². The lowest BCUT2D eigenvalue weighted by atomic mass is 10.2. The Labute approximate surface area is 180 Å². The first-order valence-electron chi connectivity index (χ1n) is 9.45. The van der Waals surface area contributed by atoms with E-state index in [0.717, 1.165) is 0 Å². The summed E-state index contributed by atoms with van der Waals surface area (Å²) >= 11 is 0. The van der Waals surface area contributed by atoms with E-state index in [0.29, 0.717) is 21.5 Å². The third-order valence-corrected chi connectivity index (χ3v) is 7.93. The van der Waals surface area contributed by atoms with Crippen molar-refractivity contribution in [2.45, 2.75) is 22.8 Å². The SMILES string of the molecule is CC(CNS(=O)(=O)c1cccc2cnccc12)NS(=O)(=O)c1cccc2cnccc12. The second-order valence-electron chi connectivity index (χ2n) is 7.08. The minimum absolute atomic E-state index is 0.115. The molecule has 0 fully saturated rings. The van der Waals surface area contributed by atoms with Crippen LogP contribution in [0.5, 0.6) is 0 Å². The first-order chi connectivity index (χ1) is 14.8. The summed E-state index contributed by atoms with van der Waals surface area (Å²) in [6.07, 6.45) is 6.23. The monoisotopic (exact) mass is 456 g/mol. The Morgan fingerprint density at radius 3 is 1.84 bits per heavy atom. The van der Waals surface area contributed by atoms with E-state index in [1.165, 1.54) is 24.5 Å². The summed E-state index contributed by atoms with van der Waals surface area (Å²) in [7, 11) is -7.73. The summed E-state index contributed by atoms with van der Waals surface area (Å²) < 4.78 is 56.5. The molecule has 0 saturated carbocycles. The van der Waals surface area contributed by atoms with Gasteiger partial charge in [0.25, 0.3) is 0 Å². The van der Waals surface area contributed by atoms with E-state index in [1.54, 1.807) is 55.7 Å². The molecule has 0 aliphatic carbocycles. The molecule has 160 valence electrons. The van der Waals surface area contributed by atoms with Gasteiger partial charge in [-0.2, -0.15) is 0 Å². The van der Waals surface area contributed by atoms with Crippen LogP contribution in [-0.2, 0) is 20.0 Å². The van der Waals surface area contributed by atoms with E-state index in [2.05, 4.69) is 19.4 Å². The van der Waals surface area contributed by atoms with Crippen LogP contribution in [0.25, 0.3) is 21.5 Å². The zero-order valence-corrected chi connectivity index (χ0v) is 18.2. The second-order valence-corrected chi connectivity index (χ2v) is 10.5. The normalized spacial score (nSPS) is 13.5. The predicted molar refractivity (Wildman–Crippen MR) is 118 cm³/mol. The van der Waals surface area contributed by atoms with E-state index >= 15 is 0 Å². The molecule has 8 nitrogen and oxygen atoms in total. The van der Waals surface area contributed by atoms with Crippen molar-refractivity contribution < 1.29 is 16.8 Å². The van der Waals surface area contributed by atoms with E-state index in [9.17, 15) is 16.8 Å². The number of hydrogen-bond donors (Lipinski definition) is 2. The molecule has 2 N–H and O–H groups in total. The molecule has 2 aromatic carbocycles.